The number of benzene rings is 1. The van der Waals surface area contributed by atoms with Crippen molar-refractivity contribution in [3.8, 4) is 0 Å². The van der Waals surface area contributed by atoms with Gasteiger partial charge in [0.2, 0.25) is 5.95 Å². The van der Waals surface area contributed by atoms with E-state index in [0.717, 1.165) is 11.1 Å². The second-order valence-electron chi connectivity index (χ2n) is 7.37. The summed E-state index contributed by atoms with van der Waals surface area (Å²) in [5.74, 6) is -2.91. The van der Waals surface area contributed by atoms with Crippen molar-refractivity contribution < 1.29 is 24.6 Å². The van der Waals surface area contributed by atoms with Crippen LogP contribution < -0.4 is 16.6 Å². The fourth-order valence-electron chi connectivity index (χ4n) is 3.37. The number of carboxylic acids is 2. The van der Waals surface area contributed by atoms with Gasteiger partial charge in [0.15, 0.2) is 0 Å². The normalized spacial score (nSPS) is 11.4. The van der Waals surface area contributed by atoms with Crippen molar-refractivity contribution in [2.45, 2.75) is 45.6 Å². The van der Waals surface area contributed by atoms with Crippen LogP contribution in [0.15, 0.2) is 35.3 Å². The minimum Gasteiger partial charge on any atom is -0.481 e. The van der Waals surface area contributed by atoms with Crippen LogP contribution in [0, 0.1) is 0 Å². The molecule has 2 heterocycles. The lowest BCUT2D eigenvalue weighted by atomic mass is 10.0. The predicted molar refractivity (Wildman–Crippen MR) is 127 cm³/mol. The Kier molecular flexibility index (Phi) is 8.94. The lowest BCUT2D eigenvalue weighted by Crippen LogP contribution is -2.41. The van der Waals surface area contributed by atoms with Gasteiger partial charge in [-0.15, -0.1) is 0 Å². The number of aromatic amines is 1. The third-order valence-corrected chi connectivity index (χ3v) is 5.20. The lowest BCUT2D eigenvalue weighted by Gasteiger charge is -2.13. The minimum absolute atomic E-state index is 0.123. The number of aromatic nitrogens is 3. The standard InChI is InChI=1S/C21H23N5O6.C2H6/c1-26-17-16(19(30)25-21(26)22)13(10-23-17)7-4-11-2-5-12(6-3-11)18(29)24-14(20(31)32)8-9-15(27)28;1-2/h2-3,5-6,10,14,23H,4,7-9H2,1H3,(H,24,29)(H,27,28)(H,31,32)(H2,22,25,30);1-2H3. The van der Waals surface area contributed by atoms with Crippen LogP contribution in [-0.4, -0.2) is 48.6 Å². The first-order valence-corrected chi connectivity index (χ1v) is 10.8. The molecule has 6 N–H and O–H groups in total. The average Bonchev–Trinajstić information content (AvgIpc) is 3.25. The van der Waals surface area contributed by atoms with E-state index in [9.17, 15) is 19.2 Å². The maximum absolute atomic E-state index is 12.3. The SMILES string of the molecule is CC.Cn1c(N)nc(=O)c2c(CCc3ccc(C(=O)NC(CCC(=O)O)C(=O)O)cc3)c[nH]c21. The van der Waals surface area contributed by atoms with Gasteiger partial charge in [-0.25, -0.2) is 4.79 Å². The summed E-state index contributed by atoms with van der Waals surface area (Å²) in [7, 11) is 1.71. The number of fused-ring (bicyclic) bond motifs is 1. The Morgan fingerprint density at radius 3 is 2.38 bits per heavy atom. The molecule has 182 valence electrons. The molecule has 0 spiro atoms. The number of nitrogens with one attached hydrogen (secondary N) is 2. The largest absolute Gasteiger partial charge is 0.481 e. The van der Waals surface area contributed by atoms with Crippen LogP contribution in [0.3, 0.4) is 0 Å². The van der Waals surface area contributed by atoms with Crippen LogP contribution in [0.2, 0.25) is 0 Å². The molecule has 0 bridgehead atoms. The van der Waals surface area contributed by atoms with E-state index in [1.54, 1.807) is 42.1 Å². The number of nitrogen functional groups attached to an aromatic ring is 1. The molecule has 3 rings (SSSR count). The summed E-state index contributed by atoms with van der Waals surface area (Å²) < 4.78 is 1.61. The Labute approximate surface area is 195 Å². The molecule has 0 fully saturated rings. The molecule has 1 amide bonds. The molecular weight excluding hydrogens is 442 g/mol. The van der Waals surface area contributed by atoms with E-state index in [0.29, 0.717) is 23.9 Å². The van der Waals surface area contributed by atoms with E-state index in [-0.39, 0.29) is 24.4 Å². The van der Waals surface area contributed by atoms with Crippen LogP contribution in [0.5, 0.6) is 0 Å². The van der Waals surface area contributed by atoms with Gasteiger partial charge in [-0.3, -0.25) is 14.4 Å². The van der Waals surface area contributed by atoms with Crippen molar-refractivity contribution in [3.63, 3.8) is 0 Å². The number of rotatable bonds is 9. The molecule has 1 atom stereocenters. The van der Waals surface area contributed by atoms with Crippen LogP contribution in [-0.2, 0) is 29.5 Å². The van der Waals surface area contributed by atoms with Gasteiger partial charge in [0, 0.05) is 25.2 Å². The first-order valence-electron chi connectivity index (χ1n) is 10.8. The highest BCUT2D eigenvalue weighted by Crippen LogP contribution is 2.17. The molecule has 11 nitrogen and oxygen atoms in total. The molecule has 1 aromatic carbocycles. The molecule has 3 aromatic rings. The van der Waals surface area contributed by atoms with Gasteiger partial charge in [-0.05, 0) is 42.5 Å². The molecule has 34 heavy (non-hydrogen) atoms. The highest BCUT2D eigenvalue weighted by Gasteiger charge is 2.21. The topological polar surface area (TPSA) is 180 Å². The Bertz CT molecular complexity index is 1230. The van der Waals surface area contributed by atoms with Crippen LogP contribution in [0.1, 0.15) is 48.2 Å². The zero-order chi connectivity index (χ0) is 25.4. The second-order valence-corrected chi connectivity index (χ2v) is 7.37. The minimum atomic E-state index is -1.29. The third-order valence-electron chi connectivity index (χ3n) is 5.20. The Morgan fingerprint density at radius 1 is 1.15 bits per heavy atom. The molecule has 0 aliphatic rings. The number of H-pyrrole nitrogens is 1. The summed E-state index contributed by atoms with van der Waals surface area (Å²) in [4.78, 5) is 53.3. The molecule has 0 aliphatic heterocycles. The molecule has 11 heteroatoms. The van der Waals surface area contributed by atoms with E-state index in [1.807, 2.05) is 13.8 Å². The van der Waals surface area contributed by atoms with E-state index in [2.05, 4.69) is 15.3 Å². The zero-order valence-electron chi connectivity index (χ0n) is 19.3. The van der Waals surface area contributed by atoms with Crippen LogP contribution in [0.4, 0.5) is 5.95 Å². The predicted octanol–water partition coefficient (Wildman–Crippen LogP) is 1.70. The van der Waals surface area contributed by atoms with E-state index in [1.165, 1.54) is 0 Å². The molecule has 0 saturated carbocycles. The summed E-state index contributed by atoms with van der Waals surface area (Å²) in [5.41, 5.74) is 7.90. The highest BCUT2D eigenvalue weighted by molar-refractivity contribution is 5.96. The van der Waals surface area contributed by atoms with Gasteiger partial charge < -0.3 is 30.8 Å². The zero-order valence-corrected chi connectivity index (χ0v) is 19.3. The number of hydrogen-bond acceptors (Lipinski definition) is 6. The number of nitrogens with zero attached hydrogens (tertiary/aromatic N) is 2. The first kappa shape index (κ1) is 26.1. The number of hydrogen-bond donors (Lipinski definition) is 5. The lowest BCUT2D eigenvalue weighted by molar-refractivity contribution is -0.140. The smallest absolute Gasteiger partial charge is 0.326 e. The number of anilines is 1. The summed E-state index contributed by atoms with van der Waals surface area (Å²) >= 11 is 0. The first-order chi connectivity index (χ1) is 16.2. The van der Waals surface area contributed by atoms with Crippen LogP contribution in [0.25, 0.3) is 11.0 Å². The Hall–Kier alpha value is -4.15. The Morgan fingerprint density at radius 2 is 1.79 bits per heavy atom. The highest BCUT2D eigenvalue weighted by atomic mass is 16.4. The molecule has 0 radical (unpaired) electrons. The number of carboxylic acid groups (broad SMARTS) is 2. The third kappa shape index (κ3) is 6.21. The monoisotopic (exact) mass is 471 g/mol. The van der Waals surface area contributed by atoms with Crippen molar-refractivity contribution in [3.05, 3.63) is 57.5 Å². The molecule has 1 unspecified atom stereocenters. The van der Waals surface area contributed by atoms with Crippen LogP contribution >= 0.6 is 0 Å². The number of carbonyl (C=O) groups is 3. The summed E-state index contributed by atoms with van der Waals surface area (Å²) in [6.07, 6.45) is 2.33. The fourth-order valence-corrected chi connectivity index (χ4v) is 3.37. The van der Waals surface area contributed by atoms with Gasteiger partial charge in [-0.1, -0.05) is 26.0 Å². The number of amides is 1. The van der Waals surface area contributed by atoms with Gasteiger partial charge in [-0.2, -0.15) is 4.98 Å². The van der Waals surface area contributed by atoms with E-state index < -0.39 is 29.4 Å². The molecule has 0 saturated heterocycles. The number of aryl methyl sites for hydroxylation is 3. The summed E-state index contributed by atoms with van der Waals surface area (Å²) in [6, 6.07) is 5.33. The van der Waals surface area contributed by atoms with Crippen molar-refractivity contribution in [1.29, 1.82) is 0 Å². The molecule has 0 aliphatic carbocycles. The maximum atomic E-state index is 12.3. The van der Waals surface area contributed by atoms with Gasteiger partial charge in [0.25, 0.3) is 11.5 Å². The number of aliphatic carboxylic acids is 2. The fraction of sp³-hybridized carbons (Fsp3) is 0.348. The van der Waals surface area contributed by atoms with Gasteiger partial charge in [0.1, 0.15) is 11.7 Å². The quantitative estimate of drug-likeness (QED) is 0.313. The van der Waals surface area contributed by atoms with Crippen molar-refractivity contribution in [2.24, 2.45) is 7.05 Å². The second kappa shape index (κ2) is 11.6. The van der Waals surface area contributed by atoms with Gasteiger partial charge in [0.05, 0.1) is 5.39 Å². The summed E-state index contributed by atoms with van der Waals surface area (Å²) in [5, 5.41) is 20.7. The van der Waals surface area contributed by atoms with Crippen molar-refractivity contribution in [2.75, 3.05) is 5.73 Å². The maximum Gasteiger partial charge on any atom is 0.326 e. The molecule has 2 aromatic heterocycles. The molecular formula is C23H29N5O6. The van der Waals surface area contributed by atoms with Crippen molar-refractivity contribution in [1.82, 2.24) is 19.9 Å². The van der Waals surface area contributed by atoms with Gasteiger partial charge >= 0.3 is 11.9 Å². The Balaban J connectivity index is 0.00000199. The average molecular weight is 472 g/mol. The number of nitrogens with two attached hydrogens (primary N) is 1. The van der Waals surface area contributed by atoms with E-state index in [4.69, 9.17) is 15.9 Å². The summed E-state index contributed by atoms with van der Waals surface area (Å²) in [6.45, 7) is 4.00. The van der Waals surface area contributed by atoms with Crippen molar-refractivity contribution >= 4 is 34.8 Å². The van der Waals surface area contributed by atoms with E-state index >= 15 is 0 Å². The number of carbonyl (C=O) groups excluding carboxylic acids is 1.